The van der Waals surface area contributed by atoms with Crippen LogP contribution in [0.4, 0.5) is 5.69 Å². The van der Waals surface area contributed by atoms with E-state index in [-0.39, 0.29) is 0 Å². The number of carbonyl (C=O) groups is 1. The van der Waals surface area contributed by atoms with E-state index in [1.54, 1.807) is 12.1 Å². The number of para-hydroxylation sites is 1. The van der Waals surface area contributed by atoms with Gasteiger partial charge in [-0.2, -0.15) is 0 Å². The molecule has 3 N–H and O–H groups in total. The van der Waals surface area contributed by atoms with Crippen LogP contribution in [0.1, 0.15) is 15.9 Å². The summed E-state index contributed by atoms with van der Waals surface area (Å²) in [5.41, 5.74) is 7.70. The van der Waals surface area contributed by atoms with E-state index < -0.39 is 5.91 Å². The number of hydrogen-bond donors (Lipinski definition) is 2. The molecule has 0 unspecified atom stereocenters. The van der Waals surface area contributed by atoms with Gasteiger partial charge >= 0.3 is 0 Å². The van der Waals surface area contributed by atoms with E-state index in [1.165, 1.54) is 6.20 Å². The van der Waals surface area contributed by atoms with E-state index in [9.17, 15) is 4.79 Å². The molecule has 0 aliphatic rings. The molecule has 0 fully saturated rings. The molecule has 0 atom stereocenters. The molecule has 1 aromatic heterocycles. The van der Waals surface area contributed by atoms with E-state index >= 15 is 0 Å². The zero-order chi connectivity index (χ0) is 18.4. The second-order valence-electron chi connectivity index (χ2n) is 5.66. The molecule has 0 radical (unpaired) electrons. The van der Waals surface area contributed by atoms with Gasteiger partial charge in [-0.05, 0) is 42.3 Å². The second kappa shape index (κ2) is 8.36. The van der Waals surface area contributed by atoms with E-state index in [4.69, 9.17) is 22.1 Å². The third-order valence-corrected chi connectivity index (χ3v) is 4.04. The molecule has 26 heavy (non-hydrogen) atoms. The first-order valence-electron chi connectivity index (χ1n) is 8.13. The molecule has 132 valence electrons. The molecule has 2 aromatic carbocycles. The molecule has 6 heteroatoms. The van der Waals surface area contributed by atoms with E-state index in [1.807, 2.05) is 48.5 Å². The fraction of sp³-hybridized carbons (Fsp3) is 0.100. The minimum absolute atomic E-state index is 0.324. The van der Waals surface area contributed by atoms with Gasteiger partial charge in [-0.3, -0.25) is 4.79 Å². The van der Waals surface area contributed by atoms with Crippen molar-refractivity contribution < 1.29 is 9.53 Å². The first-order chi connectivity index (χ1) is 12.6. The maximum atomic E-state index is 11.1. The Hall–Kier alpha value is -3.05. The monoisotopic (exact) mass is 367 g/mol. The standard InChI is InChI=1S/C20H18ClN3O2/c21-17-12-14(10-11-23-16-4-2-1-3-5-16)6-8-18(17)26-19-9-7-15(13-24-19)20(22)25/h1-9,12-13,23H,10-11H2,(H2,22,25). The Bertz CT molecular complexity index is 883. The lowest BCUT2D eigenvalue weighted by Crippen LogP contribution is -2.10. The molecule has 0 spiro atoms. The van der Waals surface area contributed by atoms with Crippen LogP contribution < -0.4 is 15.8 Å². The Morgan fingerprint density at radius 1 is 1.12 bits per heavy atom. The van der Waals surface area contributed by atoms with Crippen molar-refractivity contribution in [3.05, 3.63) is 83.0 Å². The van der Waals surface area contributed by atoms with Crippen LogP contribution in [-0.2, 0) is 6.42 Å². The second-order valence-corrected chi connectivity index (χ2v) is 6.07. The largest absolute Gasteiger partial charge is 0.437 e. The molecule has 0 bridgehead atoms. The molecule has 0 aliphatic carbocycles. The highest BCUT2D eigenvalue weighted by atomic mass is 35.5. The van der Waals surface area contributed by atoms with Gasteiger partial charge in [0.15, 0.2) is 0 Å². The van der Waals surface area contributed by atoms with Gasteiger partial charge < -0.3 is 15.8 Å². The topological polar surface area (TPSA) is 77.2 Å². The Kier molecular flexibility index (Phi) is 5.71. The van der Waals surface area contributed by atoms with Crippen molar-refractivity contribution in [2.75, 3.05) is 11.9 Å². The molecule has 0 aliphatic heterocycles. The number of benzene rings is 2. The predicted octanol–water partition coefficient (Wildman–Crippen LogP) is 4.28. The Labute approximate surface area is 156 Å². The van der Waals surface area contributed by atoms with E-state index in [0.717, 1.165) is 24.2 Å². The van der Waals surface area contributed by atoms with E-state index in [0.29, 0.717) is 22.2 Å². The summed E-state index contributed by atoms with van der Waals surface area (Å²) >= 11 is 6.31. The summed E-state index contributed by atoms with van der Waals surface area (Å²) in [4.78, 5) is 15.1. The minimum Gasteiger partial charge on any atom is -0.437 e. The van der Waals surface area contributed by atoms with Crippen molar-refractivity contribution in [2.24, 2.45) is 5.73 Å². The zero-order valence-corrected chi connectivity index (χ0v) is 14.7. The number of hydrogen-bond acceptors (Lipinski definition) is 4. The summed E-state index contributed by atoms with van der Waals surface area (Å²) in [5, 5.41) is 3.86. The molecule has 0 saturated heterocycles. The highest BCUT2D eigenvalue weighted by Crippen LogP contribution is 2.29. The predicted molar refractivity (Wildman–Crippen MR) is 103 cm³/mol. The molecule has 3 aromatic rings. The third kappa shape index (κ3) is 4.74. The van der Waals surface area contributed by atoms with Gasteiger partial charge in [0.05, 0.1) is 10.6 Å². The van der Waals surface area contributed by atoms with Crippen molar-refractivity contribution in [1.29, 1.82) is 0 Å². The molecule has 0 saturated carbocycles. The number of nitrogens with one attached hydrogen (secondary N) is 1. The molecular weight excluding hydrogens is 350 g/mol. The van der Waals surface area contributed by atoms with Crippen LogP contribution in [0.3, 0.4) is 0 Å². The van der Waals surface area contributed by atoms with Crippen LogP contribution >= 0.6 is 11.6 Å². The van der Waals surface area contributed by atoms with Gasteiger partial charge in [-0.25, -0.2) is 4.98 Å². The van der Waals surface area contributed by atoms with E-state index in [2.05, 4.69) is 10.3 Å². The number of primary amides is 1. The molecule has 3 rings (SSSR count). The number of anilines is 1. The highest BCUT2D eigenvalue weighted by molar-refractivity contribution is 6.32. The van der Waals surface area contributed by atoms with Gasteiger partial charge in [0.25, 0.3) is 0 Å². The van der Waals surface area contributed by atoms with Crippen LogP contribution in [0.15, 0.2) is 66.9 Å². The van der Waals surface area contributed by atoms with Gasteiger partial charge in [0, 0.05) is 24.5 Å². The van der Waals surface area contributed by atoms with Gasteiger partial charge in [-0.1, -0.05) is 35.9 Å². The number of nitrogens with two attached hydrogens (primary N) is 1. The quantitative estimate of drug-likeness (QED) is 0.653. The summed E-state index contributed by atoms with van der Waals surface area (Å²) in [6, 6.07) is 18.8. The lowest BCUT2D eigenvalue weighted by Gasteiger charge is -2.10. The Morgan fingerprint density at radius 3 is 2.58 bits per heavy atom. The third-order valence-electron chi connectivity index (χ3n) is 3.75. The molecular formula is C20H18ClN3O2. The summed E-state index contributed by atoms with van der Waals surface area (Å²) in [6.07, 6.45) is 2.20. The van der Waals surface area contributed by atoms with Crippen LogP contribution in [-0.4, -0.2) is 17.4 Å². The maximum Gasteiger partial charge on any atom is 0.250 e. The number of nitrogens with zero attached hydrogens (tertiary/aromatic N) is 1. The Balaban J connectivity index is 1.59. The van der Waals surface area contributed by atoms with Gasteiger partial charge in [-0.15, -0.1) is 0 Å². The number of aromatic nitrogens is 1. The van der Waals surface area contributed by atoms with Gasteiger partial charge in [0.1, 0.15) is 5.75 Å². The number of amides is 1. The fourth-order valence-corrected chi connectivity index (χ4v) is 2.63. The number of carbonyl (C=O) groups excluding carboxylic acids is 1. The van der Waals surface area contributed by atoms with Crippen LogP contribution in [0, 0.1) is 0 Å². The number of ether oxygens (including phenoxy) is 1. The molecule has 5 nitrogen and oxygen atoms in total. The fourth-order valence-electron chi connectivity index (χ4n) is 2.39. The van der Waals surface area contributed by atoms with Crippen LogP contribution in [0.5, 0.6) is 11.6 Å². The lowest BCUT2D eigenvalue weighted by molar-refractivity contribution is 0.1000. The summed E-state index contributed by atoms with van der Waals surface area (Å²) < 4.78 is 5.66. The lowest BCUT2D eigenvalue weighted by atomic mass is 10.1. The van der Waals surface area contributed by atoms with Gasteiger partial charge in [0.2, 0.25) is 11.8 Å². The summed E-state index contributed by atoms with van der Waals surface area (Å²) in [6.45, 7) is 0.802. The maximum absolute atomic E-state index is 11.1. The minimum atomic E-state index is -0.532. The first kappa shape index (κ1) is 17.8. The normalized spacial score (nSPS) is 10.3. The number of halogens is 1. The molecule has 1 heterocycles. The summed E-state index contributed by atoms with van der Waals surface area (Å²) in [7, 11) is 0. The first-order valence-corrected chi connectivity index (χ1v) is 8.50. The van der Waals surface area contributed by atoms with Crippen molar-refractivity contribution in [2.45, 2.75) is 6.42 Å². The summed E-state index contributed by atoms with van der Waals surface area (Å²) in [5.74, 6) is 0.316. The van der Waals surface area contributed by atoms with Crippen LogP contribution in [0.25, 0.3) is 0 Å². The van der Waals surface area contributed by atoms with Crippen molar-refractivity contribution in [1.82, 2.24) is 4.98 Å². The smallest absolute Gasteiger partial charge is 0.250 e. The highest BCUT2D eigenvalue weighted by Gasteiger charge is 2.07. The zero-order valence-electron chi connectivity index (χ0n) is 14.0. The molecule has 1 amide bonds. The van der Waals surface area contributed by atoms with Crippen molar-refractivity contribution in [3.8, 4) is 11.6 Å². The van der Waals surface area contributed by atoms with Crippen LogP contribution in [0.2, 0.25) is 5.02 Å². The average Bonchev–Trinajstić information content (AvgIpc) is 2.65. The number of pyridine rings is 1. The SMILES string of the molecule is NC(=O)c1ccc(Oc2ccc(CCNc3ccccc3)cc2Cl)nc1. The van der Waals surface area contributed by atoms with Crippen molar-refractivity contribution >= 4 is 23.2 Å². The average molecular weight is 368 g/mol. The van der Waals surface area contributed by atoms with Crippen molar-refractivity contribution in [3.63, 3.8) is 0 Å². The Morgan fingerprint density at radius 2 is 1.92 bits per heavy atom. The number of rotatable bonds is 7.